The molecule has 0 spiro atoms. The Hall–Kier alpha value is -10.1. The number of carbonyl (C=O) groups is 1. The van der Waals surface area contributed by atoms with Gasteiger partial charge in [-0.15, -0.1) is 0 Å². The molecule has 5 aliphatic heterocycles. The molecule has 0 fully saturated rings. The Balaban J connectivity index is 0.000000109. The molecule has 20 rings (SSSR count). The Morgan fingerprint density at radius 2 is 0.845 bits per heavy atom. The normalized spacial score (nSPS) is 17.2. The molecule has 0 saturated heterocycles. The number of nitrogens with one attached hydrogen (secondary N) is 9. The third kappa shape index (κ3) is 15.9. The number of amides is 1. The number of aromatic hydroxyl groups is 4. The highest BCUT2D eigenvalue weighted by atomic mass is 79.9. The number of methoxy groups -OCH3 is 4. The molecule has 0 saturated carbocycles. The van der Waals surface area contributed by atoms with Crippen LogP contribution in [-0.4, -0.2) is 124 Å². The number of aromatic nitrogens is 5. The molecule has 15 aromatic rings. The number of aromatic amines is 5. The second-order valence-electron chi connectivity index (χ2n) is 29.1. The van der Waals surface area contributed by atoms with Crippen LogP contribution in [0.5, 0.6) is 40.2 Å². The van der Waals surface area contributed by atoms with Crippen LogP contribution in [0.4, 0.5) is 4.39 Å². The number of halogens is 6. The third-order valence-electron chi connectivity index (χ3n) is 22.4. The summed E-state index contributed by atoms with van der Waals surface area (Å²) in [5, 5.41) is 61.5. The Morgan fingerprint density at radius 3 is 1.33 bits per heavy atom. The molecule has 13 N–H and O–H groups in total. The van der Waals surface area contributed by atoms with E-state index < -0.39 is 5.82 Å². The number of rotatable bonds is 10. The number of fused-ring (bicyclic) bond motifs is 15. The van der Waals surface area contributed by atoms with Gasteiger partial charge in [-0.05, 0) is 205 Å². The van der Waals surface area contributed by atoms with Gasteiger partial charge in [0.2, 0.25) is 5.91 Å². The quantitative estimate of drug-likeness (QED) is 0.0608. The second kappa shape index (κ2) is 34.6. The van der Waals surface area contributed by atoms with Gasteiger partial charge in [-0.1, -0.05) is 136 Å². The maximum atomic E-state index is 13.7. The van der Waals surface area contributed by atoms with Crippen molar-refractivity contribution in [3.05, 3.63) is 307 Å². The highest BCUT2D eigenvalue weighted by Crippen LogP contribution is 2.46. The second-order valence-corrected chi connectivity index (χ2v) is 33.2. The molecule has 5 aromatic heterocycles. The maximum absolute atomic E-state index is 13.7. The van der Waals surface area contributed by atoms with Gasteiger partial charge < -0.3 is 90.5 Å². The van der Waals surface area contributed by atoms with Gasteiger partial charge in [-0.3, -0.25) is 4.79 Å². The summed E-state index contributed by atoms with van der Waals surface area (Å²) in [5.74, 6) is 1.56. The van der Waals surface area contributed by atoms with E-state index in [2.05, 4.69) is 152 Å². The third-order valence-corrected chi connectivity index (χ3v) is 24.6. The first-order chi connectivity index (χ1) is 56.4. The highest BCUT2D eigenvalue weighted by molar-refractivity contribution is 9.11. The Labute approximate surface area is 707 Å². The molecule has 25 heteroatoms. The SMILES string of the molecule is COCC(=O)N1CCc2c([nH]c3ccc(Cl)cc23)C1c1ccc(OC)cc1.COc1ccc(C2NCCc3c2[nH]c2ccc(Br)cc32)cc1O.COc1cccc(C2NCCc3c2[nH]c2ccc(Br)cc32)c1O.Oc1c(F)cccc1C1NCCc2c1[nH]c1ccc(Br)cc21.Oc1ccccc1C1NCCc2c1[nH]c1ccc(Br)cc21. The molecule has 594 valence electrons. The van der Waals surface area contributed by atoms with Gasteiger partial charge in [-0.25, -0.2) is 4.39 Å². The van der Waals surface area contributed by atoms with Crippen LogP contribution in [0.25, 0.3) is 54.5 Å². The summed E-state index contributed by atoms with van der Waals surface area (Å²) in [4.78, 5) is 32.1. The van der Waals surface area contributed by atoms with Crippen molar-refractivity contribution in [1.82, 2.24) is 51.1 Å². The molecule has 5 atom stereocenters. The first-order valence-corrected chi connectivity index (χ1v) is 41.8. The van der Waals surface area contributed by atoms with Crippen LogP contribution >= 0.6 is 75.3 Å². The van der Waals surface area contributed by atoms with Gasteiger partial charge in [0.15, 0.2) is 34.6 Å². The molecule has 5 unspecified atom stereocenters. The molecule has 10 heterocycles. The zero-order valence-corrected chi connectivity index (χ0v) is 70.8. The molecule has 19 nitrogen and oxygen atoms in total. The molecule has 1 amide bonds. The van der Waals surface area contributed by atoms with Crippen molar-refractivity contribution in [2.45, 2.75) is 62.3 Å². The van der Waals surface area contributed by atoms with Crippen molar-refractivity contribution >= 4 is 136 Å². The van der Waals surface area contributed by atoms with E-state index in [4.69, 9.17) is 30.5 Å². The number of phenols is 4. The molecular formula is C91H84Br4ClFN10O9. The smallest absolute Gasteiger partial charge is 0.249 e. The monoisotopic (exact) mass is 1830 g/mol. The summed E-state index contributed by atoms with van der Waals surface area (Å²) in [7, 11) is 6.31. The van der Waals surface area contributed by atoms with Crippen molar-refractivity contribution in [3.8, 4) is 40.2 Å². The molecule has 116 heavy (non-hydrogen) atoms. The van der Waals surface area contributed by atoms with E-state index in [9.17, 15) is 29.6 Å². The molecule has 5 aliphatic rings. The van der Waals surface area contributed by atoms with Crippen LogP contribution in [0.2, 0.25) is 5.02 Å². The number of carbonyl (C=O) groups excluding carboxylic acids is 1. The van der Waals surface area contributed by atoms with Gasteiger partial charge in [0, 0.05) is 162 Å². The van der Waals surface area contributed by atoms with E-state index in [1.165, 1.54) is 61.1 Å². The number of H-pyrrole nitrogens is 5. The summed E-state index contributed by atoms with van der Waals surface area (Å²) in [6.45, 7) is 4.16. The maximum Gasteiger partial charge on any atom is 0.249 e. The predicted molar refractivity (Wildman–Crippen MR) is 469 cm³/mol. The minimum absolute atomic E-state index is 0.0149. The number of para-hydroxylation sites is 3. The van der Waals surface area contributed by atoms with Crippen molar-refractivity contribution in [1.29, 1.82) is 0 Å². The number of benzene rings is 10. The van der Waals surface area contributed by atoms with E-state index in [-0.39, 0.29) is 60.0 Å². The molecule has 0 aliphatic carbocycles. The molecule has 0 radical (unpaired) electrons. The Kier molecular flexibility index (Phi) is 23.8. The van der Waals surface area contributed by atoms with Gasteiger partial charge in [0.05, 0.1) is 51.5 Å². The predicted octanol–water partition coefficient (Wildman–Crippen LogP) is 19.6. The van der Waals surface area contributed by atoms with E-state index in [0.717, 1.165) is 160 Å². The van der Waals surface area contributed by atoms with Crippen LogP contribution in [-0.2, 0) is 41.6 Å². The molecule has 10 aromatic carbocycles. The van der Waals surface area contributed by atoms with Gasteiger partial charge in [0.1, 0.15) is 18.1 Å². The lowest BCUT2D eigenvalue weighted by atomic mass is 9.92. The van der Waals surface area contributed by atoms with Crippen molar-refractivity contribution in [2.75, 3.05) is 67.8 Å². The number of hydrogen-bond donors (Lipinski definition) is 13. The zero-order valence-electron chi connectivity index (χ0n) is 63.7. The summed E-state index contributed by atoms with van der Waals surface area (Å²) >= 11 is 20.4. The van der Waals surface area contributed by atoms with Gasteiger partial charge in [-0.2, -0.15) is 0 Å². The van der Waals surface area contributed by atoms with Crippen molar-refractivity contribution in [2.24, 2.45) is 0 Å². The van der Waals surface area contributed by atoms with Gasteiger partial charge >= 0.3 is 0 Å². The van der Waals surface area contributed by atoms with Crippen LogP contribution < -0.4 is 35.5 Å². The van der Waals surface area contributed by atoms with E-state index in [1.807, 2.05) is 114 Å². The van der Waals surface area contributed by atoms with Crippen molar-refractivity contribution < 1.29 is 48.6 Å². The first-order valence-electron chi connectivity index (χ1n) is 38.2. The lowest BCUT2D eigenvalue weighted by molar-refractivity contribution is -0.137. The van der Waals surface area contributed by atoms with E-state index >= 15 is 0 Å². The van der Waals surface area contributed by atoms with Crippen molar-refractivity contribution in [3.63, 3.8) is 0 Å². The summed E-state index contributed by atoms with van der Waals surface area (Å²) in [5.41, 5.74) is 21.8. The summed E-state index contributed by atoms with van der Waals surface area (Å²) in [6.07, 6.45) is 4.63. The fourth-order valence-corrected chi connectivity index (χ4v) is 18.7. The zero-order chi connectivity index (χ0) is 80.6. The minimum Gasteiger partial charge on any atom is -0.508 e. The fraction of sp³-hybridized carbons (Fsp3) is 0.220. The number of hydrogen-bond acceptors (Lipinski definition) is 13. The lowest BCUT2D eigenvalue weighted by Gasteiger charge is -2.36. The lowest BCUT2D eigenvalue weighted by Crippen LogP contribution is -2.42. The van der Waals surface area contributed by atoms with Crippen LogP contribution in [0.1, 0.15) is 114 Å². The van der Waals surface area contributed by atoms with E-state index in [1.54, 1.807) is 64.8 Å². The van der Waals surface area contributed by atoms with Crippen LogP contribution in [0.15, 0.2) is 212 Å². The van der Waals surface area contributed by atoms with Crippen LogP contribution in [0, 0.1) is 5.82 Å². The highest BCUT2D eigenvalue weighted by Gasteiger charge is 2.36. The van der Waals surface area contributed by atoms with Gasteiger partial charge in [0.25, 0.3) is 0 Å². The Morgan fingerprint density at radius 1 is 0.422 bits per heavy atom. The van der Waals surface area contributed by atoms with Crippen LogP contribution in [0.3, 0.4) is 0 Å². The standard InChI is InChI=1S/C21H21ClN2O3.2C18H17BrN2O2.C17H14BrFN2O.C17H15BrN2O/c1-26-12-19(25)24-10-9-16-17-11-14(22)5-8-18(17)23-20(16)21(24)13-3-6-15(27-2)7-4-13;1-23-16-5-2-10(8-15(16)22)17-18-12(6-7-20-17)13-9-11(19)3-4-14(13)21-18;1-23-15-4-2-3-12(18(15)22)16-17-11(7-8-20-16)13-9-10(19)5-6-14(13)21-17;18-9-4-5-14-12(8-9)10-6-7-20-15(16(10)21-14)11-2-1-3-13(19)17(11)22;18-10-5-6-14-13(9-10)11-7-8-19-16(17(11)20-14)12-3-1-2-4-15(12)21/h3-8,11,21,23H,9-10,12H2,1-2H3;2-5,8-9,17,20-22H,6-7H2,1H3;2-6,9,16,20-22H,7-8H2,1H3;1-5,8,15,20-22H,6-7H2;1-6,9,16,19-21H,7-8H2. The summed E-state index contributed by atoms with van der Waals surface area (Å²) in [6, 6.07) is 61.6. The first kappa shape index (κ1) is 79.7. The molecule has 0 bridgehead atoms. The fourth-order valence-electron chi connectivity index (χ4n) is 17.1. The Bertz CT molecular complexity index is 6180. The number of ether oxygens (including phenoxy) is 4. The number of phenolic OH excluding ortho intramolecular Hbond substituents is 4. The average Bonchev–Trinajstić information content (AvgIpc) is 1.61. The molecular weight excluding hydrogens is 1750 g/mol. The average molecular weight is 1840 g/mol. The largest absolute Gasteiger partial charge is 0.508 e. The number of nitrogens with zero attached hydrogens (tertiary/aromatic N) is 1. The topological polar surface area (TPSA) is 265 Å². The summed E-state index contributed by atoms with van der Waals surface area (Å²) < 4.78 is 38.7. The minimum atomic E-state index is -0.592. The van der Waals surface area contributed by atoms with E-state index in [0.29, 0.717) is 34.4 Å².